The molecule has 1 heterocycles. The van der Waals surface area contributed by atoms with Gasteiger partial charge in [0.1, 0.15) is 23.9 Å². The molecule has 12 nitrogen and oxygen atoms in total. The first-order chi connectivity index (χ1) is 21.1. The number of aliphatic hydroxyl groups excluding tert-OH is 1. The second-order valence-corrected chi connectivity index (χ2v) is 10.4. The number of nitrogens with one attached hydrogen (secondary N) is 4. The maximum absolute atomic E-state index is 13.5. The number of carboxylic acid groups (broad SMARTS) is 1. The molecule has 9 N–H and O–H groups in total. The number of H-pyrrole nitrogens is 1. The second-order valence-electron chi connectivity index (χ2n) is 10.4. The third kappa shape index (κ3) is 8.43. The Bertz CT molecular complexity index is 1590. The molecule has 0 aliphatic rings. The van der Waals surface area contributed by atoms with Crippen molar-refractivity contribution in [3.63, 3.8) is 0 Å². The zero-order chi connectivity index (χ0) is 31.6. The monoisotopic (exact) mass is 601 g/mol. The Morgan fingerprint density at radius 3 is 1.98 bits per heavy atom. The predicted octanol–water partition coefficient (Wildman–Crippen LogP) is 0.760. The lowest BCUT2D eigenvalue weighted by molar-refractivity contribution is -0.142. The van der Waals surface area contributed by atoms with E-state index in [1.165, 1.54) is 12.1 Å². The number of benzene rings is 3. The highest BCUT2D eigenvalue weighted by Crippen LogP contribution is 2.19. The van der Waals surface area contributed by atoms with Gasteiger partial charge >= 0.3 is 5.97 Å². The predicted molar refractivity (Wildman–Crippen MR) is 162 cm³/mol. The summed E-state index contributed by atoms with van der Waals surface area (Å²) in [5.74, 6) is -3.50. The van der Waals surface area contributed by atoms with E-state index in [0.29, 0.717) is 16.7 Å². The van der Waals surface area contributed by atoms with E-state index in [1.54, 1.807) is 48.7 Å². The van der Waals surface area contributed by atoms with Crippen LogP contribution in [-0.2, 0) is 38.4 Å². The highest BCUT2D eigenvalue weighted by molar-refractivity contribution is 5.94. The molecule has 4 atom stereocenters. The fraction of sp³-hybridized carbons (Fsp3) is 0.250. The molecule has 0 saturated carbocycles. The maximum atomic E-state index is 13.5. The summed E-state index contributed by atoms with van der Waals surface area (Å²) in [5.41, 5.74) is 8.90. The molecule has 4 unspecified atom stereocenters. The third-order valence-corrected chi connectivity index (χ3v) is 7.17. The first-order valence-electron chi connectivity index (χ1n) is 14.0. The van der Waals surface area contributed by atoms with E-state index in [1.807, 2.05) is 24.3 Å². The standard InChI is InChI=1S/C32H35N5O7/c33-24(14-20-10-12-22(39)13-11-20)29(40)37-28(18-38)31(42)35-26(15-19-6-2-1-3-7-19)30(41)36-27(32(43)44)16-21-17-34-25-9-5-4-8-23(21)25/h1-13,17,24,26-28,34,38-39H,14-16,18,33H2,(H,35,42)(H,36,41)(H,37,40)(H,43,44). The molecule has 230 valence electrons. The minimum atomic E-state index is -1.43. The number of phenolic OH excluding ortho intramolecular Hbond substituents is 1. The summed E-state index contributed by atoms with van der Waals surface area (Å²) < 4.78 is 0. The van der Waals surface area contributed by atoms with E-state index in [9.17, 15) is 34.5 Å². The van der Waals surface area contributed by atoms with Gasteiger partial charge in [0.2, 0.25) is 17.7 Å². The van der Waals surface area contributed by atoms with Gasteiger partial charge < -0.3 is 42.0 Å². The number of hydrogen-bond donors (Lipinski definition) is 8. The van der Waals surface area contributed by atoms with Crippen LogP contribution < -0.4 is 21.7 Å². The zero-order valence-electron chi connectivity index (χ0n) is 23.8. The molecule has 0 radical (unpaired) electrons. The molecule has 4 rings (SSSR count). The highest BCUT2D eigenvalue weighted by atomic mass is 16.4. The second kappa shape index (κ2) is 14.8. The Hall–Kier alpha value is -5.20. The Morgan fingerprint density at radius 1 is 0.705 bits per heavy atom. The van der Waals surface area contributed by atoms with Gasteiger partial charge in [-0.25, -0.2) is 4.79 Å². The maximum Gasteiger partial charge on any atom is 0.326 e. The van der Waals surface area contributed by atoms with Gasteiger partial charge in [-0.15, -0.1) is 0 Å². The first kappa shape index (κ1) is 31.7. The smallest absolute Gasteiger partial charge is 0.326 e. The van der Waals surface area contributed by atoms with Gasteiger partial charge in [0.15, 0.2) is 0 Å². The van der Waals surface area contributed by atoms with Crippen molar-refractivity contribution in [3.8, 4) is 5.75 Å². The lowest BCUT2D eigenvalue weighted by Gasteiger charge is -2.24. The number of rotatable bonds is 14. The summed E-state index contributed by atoms with van der Waals surface area (Å²) in [4.78, 5) is 54.7. The Labute approximate surface area is 253 Å². The Kier molecular flexibility index (Phi) is 10.7. The molecular formula is C32H35N5O7. The van der Waals surface area contributed by atoms with Crippen molar-refractivity contribution in [1.29, 1.82) is 0 Å². The average molecular weight is 602 g/mol. The number of aliphatic hydroxyl groups is 1. The van der Waals surface area contributed by atoms with Crippen LogP contribution in [0, 0.1) is 0 Å². The molecule has 0 bridgehead atoms. The summed E-state index contributed by atoms with van der Waals surface area (Å²) in [7, 11) is 0. The summed E-state index contributed by atoms with van der Waals surface area (Å²) >= 11 is 0. The van der Waals surface area contributed by atoms with Gasteiger partial charge in [-0.2, -0.15) is 0 Å². The van der Waals surface area contributed by atoms with Crippen molar-refractivity contribution in [2.75, 3.05) is 6.61 Å². The van der Waals surface area contributed by atoms with Crippen LogP contribution in [0.2, 0.25) is 0 Å². The van der Waals surface area contributed by atoms with Crippen LogP contribution in [0.25, 0.3) is 10.9 Å². The van der Waals surface area contributed by atoms with E-state index < -0.39 is 54.5 Å². The fourth-order valence-corrected chi connectivity index (χ4v) is 4.78. The molecule has 3 aromatic carbocycles. The SMILES string of the molecule is NC(Cc1ccc(O)cc1)C(=O)NC(CO)C(=O)NC(Cc1ccccc1)C(=O)NC(Cc1c[nH]c2ccccc12)C(=O)O. The van der Waals surface area contributed by atoms with Crippen LogP contribution in [0.5, 0.6) is 5.75 Å². The van der Waals surface area contributed by atoms with Gasteiger partial charge in [-0.3, -0.25) is 14.4 Å². The van der Waals surface area contributed by atoms with Crippen molar-refractivity contribution >= 4 is 34.6 Å². The van der Waals surface area contributed by atoms with Crippen molar-refractivity contribution in [3.05, 3.63) is 102 Å². The van der Waals surface area contributed by atoms with Gasteiger partial charge in [-0.1, -0.05) is 60.7 Å². The van der Waals surface area contributed by atoms with E-state index in [0.717, 1.165) is 10.9 Å². The van der Waals surface area contributed by atoms with Gasteiger partial charge in [0.05, 0.1) is 12.6 Å². The molecule has 0 spiro atoms. The largest absolute Gasteiger partial charge is 0.508 e. The third-order valence-electron chi connectivity index (χ3n) is 7.17. The number of aromatic nitrogens is 1. The van der Waals surface area contributed by atoms with E-state index in [4.69, 9.17) is 5.73 Å². The molecule has 0 aliphatic heterocycles. The number of aromatic amines is 1. The van der Waals surface area contributed by atoms with Crippen molar-refractivity contribution in [1.82, 2.24) is 20.9 Å². The number of nitrogens with two attached hydrogens (primary N) is 1. The number of aromatic hydroxyl groups is 1. The van der Waals surface area contributed by atoms with Crippen molar-refractivity contribution in [2.45, 2.75) is 43.4 Å². The minimum absolute atomic E-state index is 0.00860. The molecule has 1 aromatic heterocycles. The Morgan fingerprint density at radius 2 is 1.30 bits per heavy atom. The highest BCUT2D eigenvalue weighted by Gasteiger charge is 2.31. The summed E-state index contributed by atoms with van der Waals surface area (Å²) in [6, 6.07) is 17.3. The van der Waals surface area contributed by atoms with Crippen LogP contribution in [0.4, 0.5) is 0 Å². The van der Waals surface area contributed by atoms with E-state index in [2.05, 4.69) is 20.9 Å². The number of phenols is 1. The summed E-state index contributed by atoms with van der Waals surface area (Å²) in [5, 5.41) is 37.6. The first-order valence-corrected chi connectivity index (χ1v) is 14.0. The van der Waals surface area contributed by atoms with Crippen LogP contribution in [-0.4, -0.2) is 74.8 Å². The fourth-order valence-electron chi connectivity index (χ4n) is 4.78. The zero-order valence-corrected chi connectivity index (χ0v) is 23.8. The topological polar surface area (TPSA) is 207 Å². The molecule has 4 aromatic rings. The number of para-hydroxylation sites is 1. The molecule has 0 saturated heterocycles. The van der Waals surface area contributed by atoms with E-state index >= 15 is 0 Å². The number of fused-ring (bicyclic) bond motifs is 1. The summed E-state index contributed by atoms with van der Waals surface area (Å²) in [6.07, 6.45) is 1.81. The summed E-state index contributed by atoms with van der Waals surface area (Å²) in [6.45, 7) is -0.776. The van der Waals surface area contributed by atoms with Crippen LogP contribution in [0.1, 0.15) is 16.7 Å². The minimum Gasteiger partial charge on any atom is -0.508 e. The van der Waals surface area contributed by atoms with Gasteiger partial charge in [0, 0.05) is 29.9 Å². The number of carbonyl (C=O) groups excluding carboxylic acids is 3. The normalized spacial score (nSPS) is 13.8. The molecule has 12 heteroatoms. The van der Waals surface area contributed by atoms with Gasteiger partial charge in [0.25, 0.3) is 0 Å². The van der Waals surface area contributed by atoms with E-state index in [-0.39, 0.29) is 25.0 Å². The number of carboxylic acids is 1. The molecule has 0 fully saturated rings. The van der Waals surface area contributed by atoms with Crippen LogP contribution in [0.15, 0.2) is 85.1 Å². The van der Waals surface area contributed by atoms with Crippen LogP contribution in [0.3, 0.4) is 0 Å². The molecular weight excluding hydrogens is 566 g/mol. The lowest BCUT2D eigenvalue weighted by atomic mass is 10.0. The average Bonchev–Trinajstić information content (AvgIpc) is 3.43. The van der Waals surface area contributed by atoms with Gasteiger partial charge in [-0.05, 0) is 41.3 Å². The molecule has 3 amide bonds. The number of amides is 3. The van der Waals surface area contributed by atoms with Crippen molar-refractivity contribution in [2.24, 2.45) is 5.73 Å². The Balaban J connectivity index is 1.45. The quantitative estimate of drug-likeness (QED) is 0.103. The number of hydrogen-bond acceptors (Lipinski definition) is 7. The number of aliphatic carboxylic acids is 1. The number of carbonyl (C=O) groups is 4. The van der Waals surface area contributed by atoms with Crippen molar-refractivity contribution < 1.29 is 34.5 Å². The van der Waals surface area contributed by atoms with Crippen LogP contribution >= 0.6 is 0 Å². The molecule has 44 heavy (non-hydrogen) atoms. The molecule has 0 aliphatic carbocycles. The lowest BCUT2D eigenvalue weighted by Crippen LogP contribution is -2.58.